The average Bonchev–Trinajstić information content (AvgIpc) is 3.18. The van der Waals surface area contributed by atoms with Gasteiger partial charge in [0, 0.05) is 18.4 Å². The van der Waals surface area contributed by atoms with Gasteiger partial charge < -0.3 is 10.2 Å². The quantitative estimate of drug-likeness (QED) is 0.590. The molecule has 1 aliphatic rings. The van der Waals surface area contributed by atoms with E-state index in [0.717, 1.165) is 18.3 Å². The maximum Gasteiger partial charge on any atom is 0.416 e. The third kappa shape index (κ3) is 4.17. The third-order valence-corrected chi connectivity index (χ3v) is 4.88. The zero-order valence-electron chi connectivity index (χ0n) is 16.5. The van der Waals surface area contributed by atoms with Gasteiger partial charge in [0.2, 0.25) is 0 Å². The van der Waals surface area contributed by atoms with E-state index in [4.69, 9.17) is 0 Å². The van der Waals surface area contributed by atoms with E-state index < -0.39 is 29.4 Å². The molecule has 1 aliphatic heterocycles. The number of nitrogens with one attached hydrogen (secondary N) is 1. The molecule has 12 heteroatoms. The van der Waals surface area contributed by atoms with Crippen LogP contribution in [0.5, 0.6) is 0 Å². The Kier molecular flexibility index (Phi) is 6.26. The number of benzene rings is 1. The van der Waals surface area contributed by atoms with Crippen LogP contribution in [0.2, 0.25) is 0 Å². The van der Waals surface area contributed by atoms with E-state index in [9.17, 15) is 27.2 Å². The number of pyridine rings is 1. The minimum absolute atomic E-state index is 0. The van der Waals surface area contributed by atoms with E-state index in [-0.39, 0.29) is 48.7 Å². The highest BCUT2D eigenvalue weighted by Crippen LogP contribution is 2.33. The summed E-state index contributed by atoms with van der Waals surface area (Å²) in [5.41, 5.74) is -0.812. The molecule has 0 saturated heterocycles. The normalized spacial score (nSPS) is 15.7. The topological polar surface area (TPSA) is 80.1 Å². The molecule has 4 rings (SSSR count). The Hall–Kier alpha value is -3.41. The van der Waals surface area contributed by atoms with Gasteiger partial charge in [-0.1, -0.05) is 0 Å². The van der Waals surface area contributed by atoms with Crippen LogP contribution in [-0.4, -0.2) is 33.1 Å². The summed E-state index contributed by atoms with van der Waals surface area (Å²) >= 11 is 0. The third-order valence-electron chi connectivity index (χ3n) is 4.88. The first-order valence-electron chi connectivity index (χ1n) is 9.14. The first-order chi connectivity index (χ1) is 14.7. The Morgan fingerprint density at radius 1 is 1.16 bits per heavy atom. The van der Waals surface area contributed by atoms with Gasteiger partial charge in [0.1, 0.15) is 5.69 Å². The second-order valence-corrected chi connectivity index (χ2v) is 6.97. The largest absolute Gasteiger partial charge is 0.416 e. The van der Waals surface area contributed by atoms with Crippen LogP contribution < -0.4 is 10.2 Å². The number of nitrogens with zero attached hydrogens (tertiary/aromatic N) is 4. The molecule has 32 heavy (non-hydrogen) atoms. The van der Waals surface area contributed by atoms with Crippen molar-refractivity contribution in [3.8, 4) is 0 Å². The molecule has 0 fully saturated rings. The fraction of sp³-hybridized carbons (Fsp3) is 0.200. The molecule has 0 aliphatic carbocycles. The molecule has 0 unspecified atom stereocenters. The number of hydrogen-bond acceptors (Lipinski definition) is 4. The standard InChI is InChI=1S/C20H15F4N5O2.H2S/c1-11-10-28(13-4-2-12(3-5-13)20(22,23)24)19(31)17-14(8-26-29(11)17)18(30)27-16-6-7-25-9-15(16)21;/h2-9,11H,10H2,1H3,(H,25,27,30);1H2/t11-;/m0./s1. The Morgan fingerprint density at radius 3 is 2.47 bits per heavy atom. The molecule has 0 saturated carbocycles. The number of fused-ring (bicyclic) bond motifs is 1. The number of carbonyl (C=O) groups is 2. The van der Waals surface area contributed by atoms with Crippen molar-refractivity contribution in [2.24, 2.45) is 0 Å². The fourth-order valence-electron chi connectivity index (χ4n) is 3.35. The number of rotatable bonds is 3. The molecule has 0 radical (unpaired) electrons. The first-order valence-corrected chi connectivity index (χ1v) is 9.14. The molecule has 0 spiro atoms. The summed E-state index contributed by atoms with van der Waals surface area (Å²) in [5.74, 6) is -2.10. The van der Waals surface area contributed by atoms with Crippen molar-refractivity contribution in [1.29, 1.82) is 0 Å². The minimum Gasteiger partial charge on any atom is -0.319 e. The van der Waals surface area contributed by atoms with Gasteiger partial charge in [-0.15, -0.1) is 0 Å². The van der Waals surface area contributed by atoms with Crippen molar-refractivity contribution in [3.63, 3.8) is 0 Å². The number of anilines is 2. The van der Waals surface area contributed by atoms with Crippen LogP contribution in [-0.2, 0) is 6.18 Å². The summed E-state index contributed by atoms with van der Waals surface area (Å²) < 4.78 is 53.7. The minimum atomic E-state index is -4.50. The Labute approximate surface area is 186 Å². The van der Waals surface area contributed by atoms with E-state index in [0.29, 0.717) is 0 Å². The summed E-state index contributed by atoms with van der Waals surface area (Å²) in [6.07, 6.45) is -1.06. The number of amides is 2. The van der Waals surface area contributed by atoms with Gasteiger partial charge in [-0.25, -0.2) is 4.39 Å². The maximum absolute atomic E-state index is 13.8. The lowest BCUT2D eigenvalue weighted by atomic mass is 10.1. The molecule has 1 atom stereocenters. The zero-order chi connectivity index (χ0) is 22.3. The summed E-state index contributed by atoms with van der Waals surface area (Å²) in [4.78, 5) is 30.7. The molecule has 168 valence electrons. The summed E-state index contributed by atoms with van der Waals surface area (Å²) in [6, 6.07) is 5.09. The number of halogens is 4. The molecule has 1 aromatic carbocycles. The summed E-state index contributed by atoms with van der Waals surface area (Å²) in [5, 5.41) is 6.48. The fourth-order valence-corrected chi connectivity index (χ4v) is 3.35. The molecule has 7 nitrogen and oxygen atoms in total. The molecule has 3 heterocycles. The van der Waals surface area contributed by atoms with Crippen molar-refractivity contribution in [2.45, 2.75) is 19.1 Å². The summed E-state index contributed by atoms with van der Waals surface area (Å²) in [6.45, 7) is 1.91. The first kappa shape index (κ1) is 23.3. The second-order valence-electron chi connectivity index (χ2n) is 6.97. The highest BCUT2D eigenvalue weighted by atomic mass is 32.1. The highest BCUT2D eigenvalue weighted by Gasteiger charge is 2.36. The van der Waals surface area contributed by atoms with E-state index in [1.165, 1.54) is 40.2 Å². The van der Waals surface area contributed by atoms with Crippen molar-refractivity contribution >= 4 is 36.7 Å². The van der Waals surface area contributed by atoms with Crippen LogP contribution in [0.4, 0.5) is 28.9 Å². The Morgan fingerprint density at radius 2 is 1.84 bits per heavy atom. The van der Waals surface area contributed by atoms with Gasteiger partial charge in [-0.05, 0) is 37.3 Å². The van der Waals surface area contributed by atoms with Crippen molar-refractivity contribution in [3.05, 3.63) is 71.6 Å². The monoisotopic (exact) mass is 467 g/mol. The van der Waals surface area contributed by atoms with Crippen molar-refractivity contribution in [1.82, 2.24) is 14.8 Å². The lowest BCUT2D eigenvalue weighted by Gasteiger charge is -2.32. The molecule has 3 aromatic rings. The number of aromatic nitrogens is 3. The molecular formula is C20H17F4N5O2S. The van der Waals surface area contributed by atoms with Crippen LogP contribution in [0.25, 0.3) is 0 Å². The smallest absolute Gasteiger partial charge is 0.319 e. The lowest BCUT2D eigenvalue weighted by molar-refractivity contribution is -0.137. The SMILES string of the molecule is C[C@H]1CN(c2ccc(C(F)(F)F)cc2)C(=O)c2c(C(=O)Nc3ccncc3F)cnn21.S. The Bertz CT molecular complexity index is 1160. The van der Waals surface area contributed by atoms with E-state index in [1.807, 2.05) is 0 Å². The van der Waals surface area contributed by atoms with Gasteiger partial charge in [0.15, 0.2) is 5.82 Å². The van der Waals surface area contributed by atoms with Crippen molar-refractivity contribution in [2.75, 3.05) is 16.8 Å². The number of hydrogen-bond donors (Lipinski definition) is 1. The number of alkyl halides is 3. The van der Waals surface area contributed by atoms with E-state index in [1.54, 1.807) is 6.92 Å². The zero-order valence-corrected chi connectivity index (χ0v) is 17.5. The van der Waals surface area contributed by atoms with E-state index in [2.05, 4.69) is 15.4 Å². The van der Waals surface area contributed by atoms with Gasteiger partial charge in [-0.3, -0.25) is 19.3 Å². The second kappa shape index (κ2) is 8.61. The molecular weight excluding hydrogens is 450 g/mol. The van der Waals surface area contributed by atoms with Crippen LogP contribution in [0.15, 0.2) is 48.9 Å². The van der Waals surface area contributed by atoms with Crippen LogP contribution >= 0.6 is 13.5 Å². The van der Waals surface area contributed by atoms with Crippen molar-refractivity contribution < 1.29 is 27.2 Å². The summed E-state index contributed by atoms with van der Waals surface area (Å²) in [7, 11) is 0. The maximum atomic E-state index is 13.8. The highest BCUT2D eigenvalue weighted by molar-refractivity contribution is 7.59. The van der Waals surface area contributed by atoms with Crippen LogP contribution in [0.1, 0.15) is 39.4 Å². The molecule has 0 bridgehead atoms. The molecule has 1 N–H and O–H groups in total. The average molecular weight is 467 g/mol. The molecule has 2 aromatic heterocycles. The lowest BCUT2D eigenvalue weighted by Crippen LogP contribution is -2.43. The van der Waals surface area contributed by atoms with Gasteiger partial charge in [0.25, 0.3) is 11.8 Å². The van der Waals surface area contributed by atoms with E-state index >= 15 is 0 Å². The predicted octanol–water partition coefficient (Wildman–Crippen LogP) is 4.02. The Balaban J connectivity index is 0.00000289. The predicted molar refractivity (Wildman–Crippen MR) is 113 cm³/mol. The van der Waals surface area contributed by atoms with Gasteiger partial charge >= 0.3 is 6.18 Å². The number of carbonyl (C=O) groups excluding carboxylic acids is 2. The van der Waals surface area contributed by atoms with Gasteiger partial charge in [-0.2, -0.15) is 31.8 Å². The van der Waals surface area contributed by atoms with Gasteiger partial charge in [0.05, 0.1) is 35.2 Å². The van der Waals surface area contributed by atoms with Crippen LogP contribution in [0.3, 0.4) is 0 Å². The van der Waals surface area contributed by atoms with Crippen LogP contribution in [0, 0.1) is 5.82 Å². The molecule has 2 amide bonds.